The van der Waals surface area contributed by atoms with E-state index in [-0.39, 0.29) is 6.61 Å². The molecule has 0 saturated carbocycles. The molecule has 0 saturated heterocycles. The van der Waals surface area contributed by atoms with E-state index in [0.717, 1.165) is 5.56 Å². The zero-order valence-corrected chi connectivity index (χ0v) is 17.0. The van der Waals surface area contributed by atoms with Crippen molar-refractivity contribution in [1.29, 1.82) is 0 Å². The molecule has 1 atom stereocenters. The van der Waals surface area contributed by atoms with Gasteiger partial charge in [-0.05, 0) is 63.9 Å². The molecule has 1 aliphatic rings. The van der Waals surface area contributed by atoms with Crippen LogP contribution in [0.25, 0.3) is 21.5 Å². The first kappa shape index (κ1) is 19.8. The van der Waals surface area contributed by atoms with Crippen LogP contribution in [0.5, 0.6) is 0 Å². The largest absolute Gasteiger partial charge is 0.750 e. The Morgan fingerprint density at radius 1 is 0.759 bits per heavy atom. The van der Waals surface area contributed by atoms with Crippen LogP contribution in [0.3, 0.4) is 0 Å². The van der Waals surface area contributed by atoms with Crippen LogP contribution in [0.2, 0.25) is 0 Å². The van der Waals surface area contributed by atoms with Gasteiger partial charge in [0.25, 0.3) is 0 Å². The van der Waals surface area contributed by atoms with Crippen molar-refractivity contribution in [2.75, 3.05) is 0 Å². The molecule has 0 radical (unpaired) electrons. The van der Waals surface area contributed by atoms with Crippen LogP contribution in [0.4, 0.5) is 0 Å². The summed E-state index contributed by atoms with van der Waals surface area (Å²) in [6, 6.07) is 27.1. The lowest BCUT2D eigenvalue weighted by molar-refractivity contribution is 0.291. The van der Waals surface area contributed by atoms with Gasteiger partial charge in [0.15, 0.2) is 0 Å². The fourth-order valence-electron chi connectivity index (χ4n) is 4.03. The summed E-state index contributed by atoms with van der Waals surface area (Å²) in [6.07, 6.45) is 5.22. The number of fused-ring (bicyclic) bond motifs is 5. The van der Waals surface area contributed by atoms with Crippen LogP contribution in [-0.4, -0.2) is 8.76 Å². The quantitative estimate of drug-likeness (QED) is 0.317. The third-order valence-electron chi connectivity index (χ3n) is 5.42. The van der Waals surface area contributed by atoms with E-state index >= 15 is 0 Å². The highest BCUT2D eigenvalue weighted by molar-refractivity contribution is 7.74. The molecule has 3 nitrogen and oxygen atoms in total. The monoisotopic (exact) mass is 403 g/mol. The lowest BCUT2D eigenvalue weighted by Gasteiger charge is -2.18. The van der Waals surface area contributed by atoms with Gasteiger partial charge >= 0.3 is 0 Å². The van der Waals surface area contributed by atoms with E-state index in [4.69, 9.17) is 0 Å². The van der Waals surface area contributed by atoms with Gasteiger partial charge in [-0.3, -0.25) is 4.18 Å². The minimum absolute atomic E-state index is 0.108. The summed E-state index contributed by atoms with van der Waals surface area (Å²) in [5.74, 6) is 0. The van der Waals surface area contributed by atoms with Crippen molar-refractivity contribution in [2.45, 2.75) is 32.3 Å². The van der Waals surface area contributed by atoms with Crippen molar-refractivity contribution < 1.29 is 12.9 Å². The van der Waals surface area contributed by atoms with E-state index in [9.17, 15) is 8.76 Å². The molecule has 0 fully saturated rings. The summed E-state index contributed by atoms with van der Waals surface area (Å²) in [7, 11) is 0. The Kier molecular flexibility index (Phi) is 6.35. The second-order valence-electron chi connectivity index (χ2n) is 7.24. The molecule has 0 heterocycles. The zero-order valence-electron chi connectivity index (χ0n) is 16.2. The van der Waals surface area contributed by atoms with Crippen LogP contribution in [-0.2, 0) is 35.0 Å². The summed E-state index contributed by atoms with van der Waals surface area (Å²) in [5.41, 5.74) is 4.02. The maximum absolute atomic E-state index is 9.95. The van der Waals surface area contributed by atoms with Gasteiger partial charge in [0.1, 0.15) is 0 Å². The maximum Gasteiger partial charge on any atom is 0.0879 e. The minimum Gasteiger partial charge on any atom is -0.750 e. The average molecular weight is 404 g/mol. The molecular formula is C25H23O3S-. The average Bonchev–Trinajstić information content (AvgIpc) is 2.78. The summed E-state index contributed by atoms with van der Waals surface area (Å²) >= 11 is -2.42. The molecule has 0 N–H and O–H groups in total. The summed E-state index contributed by atoms with van der Waals surface area (Å²) in [4.78, 5) is 0. The van der Waals surface area contributed by atoms with Crippen LogP contribution in [0.15, 0.2) is 78.9 Å². The Labute approximate surface area is 173 Å². The summed E-state index contributed by atoms with van der Waals surface area (Å²) < 4.78 is 24.2. The lowest BCUT2D eigenvalue weighted by atomic mass is 9.86. The summed E-state index contributed by atoms with van der Waals surface area (Å²) in [6.45, 7) is 0.108. The van der Waals surface area contributed by atoms with E-state index < -0.39 is 11.4 Å². The third kappa shape index (κ3) is 4.73. The first-order valence-corrected chi connectivity index (χ1v) is 10.9. The van der Waals surface area contributed by atoms with Gasteiger partial charge in [-0.25, -0.2) is 4.21 Å². The molecule has 5 rings (SSSR count). The number of aryl methyl sites for hydroxylation is 2. The number of hydrogen-bond donors (Lipinski definition) is 0. The molecule has 0 spiro atoms. The number of rotatable bonds is 3. The van der Waals surface area contributed by atoms with Gasteiger partial charge in [0.2, 0.25) is 0 Å². The van der Waals surface area contributed by atoms with Crippen molar-refractivity contribution in [2.24, 2.45) is 0 Å². The Hall–Kier alpha value is -2.53. The van der Waals surface area contributed by atoms with Gasteiger partial charge in [0, 0.05) is 0 Å². The molecule has 0 aliphatic heterocycles. The molecule has 0 amide bonds. The molecule has 29 heavy (non-hydrogen) atoms. The van der Waals surface area contributed by atoms with Gasteiger partial charge < -0.3 is 4.55 Å². The number of benzene rings is 4. The van der Waals surface area contributed by atoms with Crippen molar-refractivity contribution in [1.82, 2.24) is 0 Å². The number of hydrogen-bond acceptors (Lipinski definition) is 3. The second-order valence-corrected chi connectivity index (χ2v) is 7.89. The highest BCUT2D eigenvalue weighted by Crippen LogP contribution is 2.33. The topological polar surface area (TPSA) is 49.4 Å². The van der Waals surface area contributed by atoms with Crippen molar-refractivity contribution in [3.05, 3.63) is 95.6 Å². The Morgan fingerprint density at radius 3 is 2.31 bits per heavy atom. The predicted molar refractivity (Wildman–Crippen MR) is 118 cm³/mol. The zero-order chi connectivity index (χ0) is 20.1. The van der Waals surface area contributed by atoms with Crippen molar-refractivity contribution in [3.8, 4) is 0 Å². The predicted octanol–water partition coefficient (Wildman–Crippen LogP) is 5.87. The van der Waals surface area contributed by atoms with Crippen LogP contribution in [0, 0.1) is 0 Å². The van der Waals surface area contributed by atoms with Crippen molar-refractivity contribution in [3.63, 3.8) is 0 Å². The smallest absolute Gasteiger partial charge is 0.0879 e. The molecule has 148 valence electrons. The Bertz CT molecular complexity index is 1140. The highest BCUT2D eigenvalue weighted by atomic mass is 32.2. The standard InChI is InChI=1S/C18H16.C7H8O3S/c1-3-7-15-13(5-1)9-11-18-16-8-4-2-6-14(16)10-12-17(15)18;8-11(9)10-6-7-4-2-1-3-5-7/h1,3,5,7,9-12H,2,4,6,8H2;1-5H,6H2,(H,8,9)/p-1. The van der Waals surface area contributed by atoms with Gasteiger partial charge in [-0.2, -0.15) is 0 Å². The van der Waals surface area contributed by atoms with E-state index in [2.05, 4.69) is 52.7 Å². The van der Waals surface area contributed by atoms with E-state index in [1.54, 1.807) is 23.3 Å². The molecule has 4 heteroatoms. The normalized spacial score (nSPS) is 14.1. The van der Waals surface area contributed by atoms with E-state index in [0.29, 0.717) is 0 Å². The molecule has 1 aliphatic carbocycles. The third-order valence-corrected chi connectivity index (χ3v) is 5.73. The SMILES string of the molecule is O=S([O-])OCc1ccccc1.c1ccc2c(c1)ccc1c3c(ccc12)CCCC3. The molecule has 0 aromatic heterocycles. The molecule has 0 bridgehead atoms. The lowest BCUT2D eigenvalue weighted by Crippen LogP contribution is -2.02. The van der Waals surface area contributed by atoms with Gasteiger partial charge in [0.05, 0.1) is 18.0 Å². The first-order valence-electron chi connectivity index (χ1n) is 9.91. The van der Waals surface area contributed by atoms with Crippen LogP contribution < -0.4 is 0 Å². The highest BCUT2D eigenvalue weighted by Gasteiger charge is 2.13. The fourth-order valence-corrected chi connectivity index (χ4v) is 4.27. The molecule has 4 aromatic rings. The van der Waals surface area contributed by atoms with E-state index in [1.807, 2.05) is 18.2 Å². The van der Waals surface area contributed by atoms with Crippen molar-refractivity contribution >= 4 is 32.9 Å². The van der Waals surface area contributed by atoms with Crippen LogP contribution in [0.1, 0.15) is 29.5 Å². The maximum atomic E-state index is 9.95. The van der Waals surface area contributed by atoms with Crippen LogP contribution >= 0.6 is 0 Å². The summed E-state index contributed by atoms with van der Waals surface area (Å²) in [5, 5.41) is 5.64. The Balaban J connectivity index is 0.000000161. The fraction of sp³-hybridized carbons (Fsp3) is 0.200. The second kappa shape index (κ2) is 9.31. The molecule has 4 aromatic carbocycles. The van der Waals surface area contributed by atoms with Gasteiger partial charge in [-0.15, -0.1) is 0 Å². The molecule has 1 unspecified atom stereocenters. The van der Waals surface area contributed by atoms with E-state index in [1.165, 1.54) is 47.2 Å². The van der Waals surface area contributed by atoms with Gasteiger partial charge in [-0.1, -0.05) is 78.9 Å². The Morgan fingerprint density at radius 2 is 1.48 bits per heavy atom. The molecular weight excluding hydrogens is 380 g/mol. The first-order chi connectivity index (χ1) is 14.2. The minimum atomic E-state index is -2.42.